The summed E-state index contributed by atoms with van der Waals surface area (Å²) in [7, 11) is 0. The largest absolute Gasteiger partial charge is 0.435 e. The Morgan fingerprint density at radius 2 is 2.04 bits per heavy atom. The minimum Gasteiger partial charge on any atom is -0.324 e. The number of halogens is 3. The molecule has 0 aliphatic rings. The number of hydrogen-bond acceptors (Lipinski definition) is 4. The number of benzene rings is 1. The lowest BCUT2D eigenvalue weighted by molar-refractivity contribution is -0.141. The van der Waals surface area contributed by atoms with Crippen molar-refractivity contribution in [3.63, 3.8) is 0 Å². The SMILES string of the molecule is CCc1cc(=O)[nH]c(-c2cccc(NC(=O)Cn3ccc(C(F)(F)F)n3)c2)n1. The Morgan fingerprint density at radius 1 is 1.25 bits per heavy atom. The van der Waals surface area contributed by atoms with E-state index in [-0.39, 0.29) is 12.1 Å². The maximum Gasteiger partial charge on any atom is 0.435 e. The van der Waals surface area contributed by atoms with Crippen LogP contribution in [0, 0.1) is 0 Å². The van der Waals surface area contributed by atoms with Gasteiger partial charge >= 0.3 is 6.18 Å². The maximum absolute atomic E-state index is 12.6. The smallest absolute Gasteiger partial charge is 0.324 e. The first-order chi connectivity index (χ1) is 13.2. The fourth-order valence-corrected chi connectivity index (χ4v) is 2.52. The Hall–Kier alpha value is -3.43. The highest BCUT2D eigenvalue weighted by Gasteiger charge is 2.33. The van der Waals surface area contributed by atoms with Crippen molar-refractivity contribution in [2.24, 2.45) is 0 Å². The van der Waals surface area contributed by atoms with Gasteiger partial charge in [0.25, 0.3) is 5.56 Å². The molecule has 0 saturated carbocycles. The number of hydrogen-bond donors (Lipinski definition) is 2. The lowest BCUT2D eigenvalue weighted by Gasteiger charge is -2.08. The zero-order valence-electron chi connectivity index (χ0n) is 14.7. The van der Waals surface area contributed by atoms with Crippen LogP contribution in [0.1, 0.15) is 18.3 Å². The number of rotatable bonds is 5. The van der Waals surface area contributed by atoms with Crippen LogP contribution in [0.25, 0.3) is 11.4 Å². The number of alkyl halides is 3. The molecule has 2 N–H and O–H groups in total. The summed E-state index contributed by atoms with van der Waals surface area (Å²) in [5, 5.41) is 5.93. The third-order valence-corrected chi connectivity index (χ3v) is 3.81. The van der Waals surface area contributed by atoms with Crippen LogP contribution in [-0.2, 0) is 23.9 Å². The Kier molecular flexibility index (Phi) is 5.30. The van der Waals surface area contributed by atoms with Crippen LogP contribution in [0.15, 0.2) is 47.4 Å². The summed E-state index contributed by atoms with van der Waals surface area (Å²) in [5.41, 5.74) is 0.287. The van der Waals surface area contributed by atoms with E-state index in [0.29, 0.717) is 29.2 Å². The predicted octanol–water partition coefficient (Wildman–Crippen LogP) is 2.85. The third kappa shape index (κ3) is 4.64. The van der Waals surface area contributed by atoms with Crippen molar-refractivity contribution < 1.29 is 18.0 Å². The van der Waals surface area contributed by atoms with E-state index in [2.05, 4.69) is 20.4 Å². The number of carbonyl (C=O) groups excluding carboxylic acids is 1. The third-order valence-electron chi connectivity index (χ3n) is 3.81. The van der Waals surface area contributed by atoms with Crippen LogP contribution in [0.3, 0.4) is 0 Å². The van der Waals surface area contributed by atoms with Crippen LogP contribution >= 0.6 is 0 Å². The second kappa shape index (κ2) is 7.67. The molecule has 146 valence electrons. The number of H-pyrrole nitrogens is 1. The molecule has 0 fully saturated rings. The summed E-state index contributed by atoms with van der Waals surface area (Å²) in [4.78, 5) is 30.8. The fraction of sp³-hybridized carbons (Fsp3) is 0.222. The van der Waals surface area contributed by atoms with E-state index in [4.69, 9.17) is 0 Å². The van der Waals surface area contributed by atoms with E-state index in [0.717, 1.165) is 16.9 Å². The first-order valence-electron chi connectivity index (χ1n) is 8.36. The molecular formula is C18H16F3N5O2. The van der Waals surface area contributed by atoms with Crippen molar-refractivity contribution in [3.05, 3.63) is 64.3 Å². The molecule has 2 aromatic heterocycles. The van der Waals surface area contributed by atoms with Gasteiger partial charge in [-0.1, -0.05) is 19.1 Å². The average Bonchev–Trinajstić information content (AvgIpc) is 3.10. The van der Waals surface area contributed by atoms with Gasteiger partial charge in [-0.3, -0.25) is 14.3 Å². The highest BCUT2D eigenvalue weighted by atomic mass is 19.4. The Labute approximate surface area is 157 Å². The molecule has 7 nitrogen and oxygen atoms in total. The second-order valence-electron chi connectivity index (χ2n) is 5.96. The van der Waals surface area contributed by atoms with Gasteiger partial charge in [-0.15, -0.1) is 0 Å². The van der Waals surface area contributed by atoms with Crippen molar-refractivity contribution in [3.8, 4) is 11.4 Å². The summed E-state index contributed by atoms with van der Waals surface area (Å²) in [6.45, 7) is 1.50. The van der Waals surface area contributed by atoms with E-state index in [9.17, 15) is 22.8 Å². The molecule has 2 heterocycles. The predicted molar refractivity (Wildman–Crippen MR) is 95.5 cm³/mol. The van der Waals surface area contributed by atoms with Crippen molar-refractivity contribution in [2.45, 2.75) is 26.1 Å². The van der Waals surface area contributed by atoms with E-state index < -0.39 is 17.8 Å². The van der Waals surface area contributed by atoms with Gasteiger partial charge in [0.15, 0.2) is 5.69 Å². The number of aromatic nitrogens is 4. The normalized spacial score (nSPS) is 11.4. The molecule has 3 aromatic rings. The molecule has 0 saturated heterocycles. The van der Waals surface area contributed by atoms with E-state index in [1.807, 2.05) is 6.92 Å². The fourth-order valence-electron chi connectivity index (χ4n) is 2.52. The molecule has 1 aromatic carbocycles. The number of carbonyl (C=O) groups is 1. The molecule has 0 bridgehead atoms. The zero-order valence-corrected chi connectivity index (χ0v) is 14.7. The molecule has 0 aliphatic heterocycles. The number of nitrogens with one attached hydrogen (secondary N) is 2. The highest BCUT2D eigenvalue weighted by molar-refractivity contribution is 5.91. The Morgan fingerprint density at radius 3 is 2.71 bits per heavy atom. The van der Waals surface area contributed by atoms with E-state index in [1.54, 1.807) is 24.3 Å². The number of aryl methyl sites for hydroxylation is 1. The van der Waals surface area contributed by atoms with Gasteiger partial charge in [0.2, 0.25) is 5.91 Å². The van der Waals surface area contributed by atoms with E-state index >= 15 is 0 Å². The maximum atomic E-state index is 12.6. The second-order valence-corrected chi connectivity index (χ2v) is 5.96. The van der Waals surface area contributed by atoms with Crippen LogP contribution < -0.4 is 10.9 Å². The van der Waals surface area contributed by atoms with Gasteiger partial charge in [-0.25, -0.2) is 4.98 Å². The first kappa shape index (κ1) is 19.3. The van der Waals surface area contributed by atoms with Gasteiger partial charge in [0.05, 0.1) is 0 Å². The van der Waals surface area contributed by atoms with Crippen LogP contribution in [0.4, 0.5) is 18.9 Å². The zero-order chi connectivity index (χ0) is 20.3. The Bertz CT molecular complexity index is 1060. The van der Waals surface area contributed by atoms with Crippen molar-refractivity contribution in [1.82, 2.24) is 19.7 Å². The molecule has 0 atom stereocenters. The highest BCUT2D eigenvalue weighted by Crippen LogP contribution is 2.27. The van der Waals surface area contributed by atoms with Gasteiger partial charge < -0.3 is 10.3 Å². The van der Waals surface area contributed by atoms with Crippen LogP contribution in [0.5, 0.6) is 0 Å². The summed E-state index contributed by atoms with van der Waals surface area (Å²) in [6, 6.07) is 8.83. The topological polar surface area (TPSA) is 92.7 Å². The van der Waals surface area contributed by atoms with Gasteiger partial charge in [-0.2, -0.15) is 18.3 Å². The summed E-state index contributed by atoms with van der Waals surface area (Å²) < 4.78 is 38.6. The first-order valence-corrected chi connectivity index (χ1v) is 8.36. The lowest BCUT2D eigenvalue weighted by Crippen LogP contribution is -2.19. The molecule has 0 aliphatic carbocycles. The summed E-state index contributed by atoms with van der Waals surface area (Å²) in [6.07, 6.45) is -2.88. The number of nitrogens with zero attached hydrogens (tertiary/aromatic N) is 3. The lowest BCUT2D eigenvalue weighted by atomic mass is 10.1. The van der Waals surface area contributed by atoms with Gasteiger partial charge in [-0.05, 0) is 24.6 Å². The molecule has 0 spiro atoms. The number of anilines is 1. The standard InChI is InChI=1S/C18H16F3N5O2/c1-2-12-9-15(27)24-17(23-12)11-4-3-5-13(8-11)22-16(28)10-26-7-6-14(25-26)18(19,20)21/h3-9H,2,10H2,1H3,(H,22,28)(H,23,24,27). The van der Waals surface area contributed by atoms with Gasteiger partial charge in [0.1, 0.15) is 12.4 Å². The van der Waals surface area contributed by atoms with Crippen LogP contribution in [0.2, 0.25) is 0 Å². The van der Waals surface area contributed by atoms with Gasteiger partial charge in [0, 0.05) is 29.2 Å². The molecule has 28 heavy (non-hydrogen) atoms. The molecule has 0 radical (unpaired) electrons. The molecule has 0 unspecified atom stereocenters. The quantitative estimate of drug-likeness (QED) is 0.700. The molecule has 10 heteroatoms. The van der Waals surface area contributed by atoms with Crippen molar-refractivity contribution in [1.29, 1.82) is 0 Å². The molecule has 1 amide bonds. The van der Waals surface area contributed by atoms with Crippen LogP contribution in [-0.4, -0.2) is 25.7 Å². The number of amides is 1. The van der Waals surface area contributed by atoms with Crippen molar-refractivity contribution >= 4 is 11.6 Å². The minimum absolute atomic E-state index is 0.282. The monoisotopic (exact) mass is 391 g/mol. The van der Waals surface area contributed by atoms with E-state index in [1.165, 1.54) is 6.07 Å². The Balaban J connectivity index is 1.74. The number of aromatic amines is 1. The molecule has 3 rings (SSSR count). The minimum atomic E-state index is -4.56. The molecular weight excluding hydrogens is 375 g/mol. The summed E-state index contributed by atoms with van der Waals surface area (Å²) in [5.74, 6) is -0.180. The average molecular weight is 391 g/mol. The summed E-state index contributed by atoms with van der Waals surface area (Å²) >= 11 is 0. The van der Waals surface area contributed by atoms with Crippen molar-refractivity contribution in [2.75, 3.05) is 5.32 Å².